The lowest BCUT2D eigenvalue weighted by atomic mass is 10.0. The first kappa shape index (κ1) is 14.3. The van der Waals surface area contributed by atoms with Gasteiger partial charge >= 0.3 is 0 Å². The highest BCUT2D eigenvalue weighted by Crippen LogP contribution is 2.21. The van der Waals surface area contributed by atoms with Gasteiger partial charge in [-0.25, -0.2) is 0 Å². The number of anilines is 1. The zero-order valence-electron chi connectivity index (χ0n) is 11.6. The number of benzene rings is 1. The molecule has 0 aliphatic carbocycles. The average Bonchev–Trinajstić information content (AvgIpc) is 2.37. The predicted octanol–water partition coefficient (Wildman–Crippen LogP) is 1.20. The van der Waals surface area contributed by atoms with Crippen LogP contribution >= 0.6 is 0 Å². The Balaban J connectivity index is 2.07. The molecule has 1 atom stereocenters. The van der Waals surface area contributed by atoms with Crippen LogP contribution in [0.25, 0.3) is 0 Å². The van der Waals surface area contributed by atoms with Crippen molar-refractivity contribution in [3.05, 3.63) is 29.8 Å². The molecule has 1 aliphatic heterocycles. The van der Waals surface area contributed by atoms with Crippen LogP contribution in [0.15, 0.2) is 24.3 Å². The van der Waals surface area contributed by atoms with Crippen LogP contribution in [-0.2, 0) is 16.6 Å². The molecule has 1 aromatic carbocycles. The van der Waals surface area contributed by atoms with E-state index in [2.05, 4.69) is 10.0 Å². The largest absolute Gasteiger partial charge is 0.383 e. The van der Waals surface area contributed by atoms with Crippen molar-refractivity contribution in [3.8, 4) is 0 Å². The van der Waals surface area contributed by atoms with E-state index in [0.29, 0.717) is 13.0 Å². The van der Waals surface area contributed by atoms with E-state index < -0.39 is 10.2 Å². The highest BCUT2D eigenvalue weighted by molar-refractivity contribution is 7.87. The molecule has 1 aliphatic rings. The number of para-hydroxylation sites is 1. The first-order chi connectivity index (χ1) is 8.90. The van der Waals surface area contributed by atoms with Gasteiger partial charge in [-0.3, -0.25) is 0 Å². The van der Waals surface area contributed by atoms with E-state index in [1.807, 2.05) is 38.1 Å². The van der Waals surface area contributed by atoms with Gasteiger partial charge in [0.2, 0.25) is 0 Å². The van der Waals surface area contributed by atoms with Crippen LogP contribution in [0, 0.1) is 0 Å². The second-order valence-electron chi connectivity index (χ2n) is 5.17. The van der Waals surface area contributed by atoms with Gasteiger partial charge < -0.3 is 5.32 Å². The fourth-order valence-electron chi connectivity index (χ4n) is 2.10. The number of hydrogen-bond donors (Lipinski definition) is 2. The molecular weight excluding hydrogens is 262 g/mol. The Bertz CT molecular complexity index is 543. The monoisotopic (exact) mass is 283 g/mol. The van der Waals surface area contributed by atoms with Crippen molar-refractivity contribution in [2.24, 2.45) is 0 Å². The Morgan fingerprint density at radius 1 is 1.37 bits per heavy atom. The molecule has 106 valence electrons. The molecule has 2 rings (SSSR count). The van der Waals surface area contributed by atoms with E-state index in [-0.39, 0.29) is 12.1 Å². The molecule has 1 unspecified atom stereocenters. The minimum atomic E-state index is -3.42. The summed E-state index contributed by atoms with van der Waals surface area (Å²) < 4.78 is 28.4. The van der Waals surface area contributed by atoms with Crippen LogP contribution in [0.3, 0.4) is 0 Å². The van der Waals surface area contributed by atoms with Crippen molar-refractivity contribution in [2.75, 3.05) is 18.9 Å². The Labute approximate surface area is 115 Å². The van der Waals surface area contributed by atoms with Gasteiger partial charge in [0.1, 0.15) is 0 Å². The molecule has 0 bridgehead atoms. The Morgan fingerprint density at radius 3 is 2.74 bits per heavy atom. The topological polar surface area (TPSA) is 61.4 Å². The molecule has 0 saturated heterocycles. The molecule has 0 spiro atoms. The SMILES string of the molecule is CC(C)N(C)S(=O)(=O)NC1CNc2ccccc2C1. The Hall–Kier alpha value is -1.11. The first-order valence-electron chi connectivity index (χ1n) is 6.47. The number of hydrogen-bond acceptors (Lipinski definition) is 3. The zero-order chi connectivity index (χ0) is 14.0. The van der Waals surface area contributed by atoms with Gasteiger partial charge in [-0.15, -0.1) is 0 Å². The van der Waals surface area contributed by atoms with E-state index in [9.17, 15) is 8.42 Å². The number of nitrogens with zero attached hydrogens (tertiary/aromatic N) is 1. The molecule has 1 aromatic rings. The Morgan fingerprint density at radius 2 is 2.05 bits per heavy atom. The third-order valence-corrected chi connectivity index (χ3v) is 5.26. The fraction of sp³-hybridized carbons (Fsp3) is 0.538. The van der Waals surface area contributed by atoms with Crippen LogP contribution in [0.5, 0.6) is 0 Å². The second-order valence-corrected chi connectivity index (χ2v) is 6.93. The molecule has 19 heavy (non-hydrogen) atoms. The summed E-state index contributed by atoms with van der Waals surface area (Å²) in [5, 5.41) is 3.26. The summed E-state index contributed by atoms with van der Waals surface area (Å²) in [5.74, 6) is 0. The molecule has 0 aromatic heterocycles. The van der Waals surface area contributed by atoms with Crippen molar-refractivity contribution < 1.29 is 8.42 Å². The van der Waals surface area contributed by atoms with E-state index in [0.717, 1.165) is 11.3 Å². The minimum absolute atomic E-state index is 0.0543. The van der Waals surface area contributed by atoms with E-state index in [1.165, 1.54) is 4.31 Å². The van der Waals surface area contributed by atoms with Gasteiger partial charge in [0.05, 0.1) is 0 Å². The van der Waals surface area contributed by atoms with Crippen molar-refractivity contribution in [1.29, 1.82) is 0 Å². The Kier molecular flexibility index (Phi) is 4.13. The zero-order valence-corrected chi connectivity index (χ0v) is 12.4. The van der Waals surface area contributed by atoms with Crippen LogP contribution < -0.4 is 10.0 Å². The van der Waals surface area contributed by atoms with Crippen LogP contribution in [-0.4, -0.2) is 38.4 Å². The molecule has 5 nitrogen and oxygen atoms in total. The average molecular weight is 283 g/mol. The van der Waals surface area contributed by atoms with E-state index >= 15 is 0 Å². The summed E-state index contributed by atoms with van der Waals surface area (Å²) in [6.45, 7) is 4.32. The summed E-state index contributed by atoms with van der Waals surface area (Å²) in [6.07, 6.45) is 0.717. The summed E-state index contributed by atoms with van der Waals surface area (Å²) in [5.41, 5.74) is 2.24. The van der Waals surface area contributed by atoms with Crippen molar-refractivity contribution in [3.63, 3.8) is 0 Å². The van der Waals surface area contributed by atoms with Crippen molar-refractivity contribution in [2.45, 2.75) is 32.4 Å². The van der Waals surface area contributed by atoms with Gasteiger partial charge in [-0.2, -0.15) is 17.4 Å². The highest BCUT2D eigenvalue weighted by Gasteiger charge is 2.26. The van der Waals surface area contributed by atoms with Crippen molar-refractivity contribution in [1.82, 2.24) is 9.03 Å². The lowest BCUT2D eigenvalue weighted by molar-refractivity contribution is 0.395. The van der Waals surface area contributed by atoms with E-state index in [4.69, 9.17) is 0 Å². The minimum Gasteiger partial charge on any atom is -0.383 e. The first-order valence-corrected chi connectivity index (χ1v) is 7.91. The third kappa shape index (κ3) is 3.26. The van der Waals surface area contributed by atoms with Gasteiger partial charge in [0.25, 0.3) is 10.2 Å². The smallest absolute Gasteiger partial charge is 0.279 e. The lowest BCUT2D eigenvalue weighted by Crippen LogP contribution is -2.50. The number of nitrogens with one attached hydrogen (secondary N) is 2. The summed E-state index contributed by atoms with van der Waals surface area (Å²) in [4.78, 5) is 0. The predicted molar refractivity (Wildman–Crippen MR) is 77.4 cm³/mol. The van der Waals surface area contributed by atoms with Gasteiger partial charge in [0, 0.05) is 31.4 Å². The third-order valence-electron chi connectivity index (χ3n) is 3.44. The fourth-order valence-corrected chi connectivity index (χ4v) is 3.41. The molecule has 2 N–H and O–H groups in total. The lowest BCUT2D eigenvalue weighted by Gasteiger charge is -2.29. The second kappa shape index (κ2) is 5.48. The number of rotatable bonds is 4. The van der Waals surface area contributed by atoms with Crippen LogP contribution in [0.4, 0.5) is 5.69 Å². The maximum absolute atomic E-state index is 12.1. The molecular formula is C13H21N3O2S. The van der Waals surface area contributed by atoms with Crippen LogP contribution in [0.1, 0.15) is 19.4 Å². The van der Waals surface area contributed by atoms with Gasteiger partial charge in [-0.05, 0) is 31.9 Å². The molecule has 0 radical (unpaired) electrons. The van der Waals surface area contributed by atoms with Gasteiger partial charge in [0.15, 0.2) is 0 Å². The normalized spacial score (nSPS) is 19.3. The maximum Gasteiger partial charge on any atom is 0.279 e. The summed E-state index contributed by atoms with van der Waals surface area (Å²) in [7, 11) is -1.82. The van der Waals surface area contributed by atoms with Crippen molar-refractivity contribution >= 4 is 15.9 Å². The maximum atomic E-state index is 12.1. The van der Waals surface area contributed by atoms with Crippen LogP contribution in [0.2, 0.25) is 0 Å². The molecule has 0 amide bonds. The summed E-state index contributed by atoms with van der Waals surface area (Å²) >= 11 is 0. The van der Waals surface area contributed by atoms with Gasteiger partial charge in [-0.1, -0.05) is 18.2 Å². The molecule has 0 fully saturated rings. The van der Waals surface area contributed by atoms with E-state index in [1.54, 1.807) is 7.05 Å². The number of fused-ring (bicyclic) bond motifs is 1. The molecule has 1 heterocycles. The highest BCUT2D eigenvalue weighted by atomic mass is 32.2. The molecule has 0 saturated carbocycles. The summed E-state index contributed by atoms with van der Waals surface area (Å²) in [6, 6.07) is 7.82. The molecule has 6 heteroatoms. The standard InChI is InChI=1S/C13H21N3O2S/c1-10(2)16(3)19(17,18)15-12-8-11-6-4-5-7-13(11)14-9-12/h4-7,10,12,14-15H,8-9H2,1-3H3. The quantitative estimate of drug-likeness (QED) is 0.873.